The monoisotopic (exact) mass is 286 g/mol. The van der Waals surface area contributed by atoms with E-state index in [0.717, 1.165) is 33.8 Å². The van der Waals surface area contributed by atoms with Crippen LogP contribution < -0.4 is 0 Å². The minimum absolute atomic E-state index is 0.812. The second-order valence-electron chi connectivity index (χ2n) is 5.10. The number of furan rings is 2. The van der Waals surface area contributed by atoms with Crippen molar-refractivity contribution in [3.05, 3.63) is 85.3 Å². The SMILES string of the molecule is c1ccc(-c2ccc(-c3cocc3-c3ccccc3)o2)cc1. The van der Waals surface area contributed by atoms with Gasteiger partial charge in [0.25, 0.3) is 0 Å². The van der Waals surface area contributed by atoms with Crippen molar-refractivity contribution in [3.8, 4) is 33.8 Å². The standard InChI is InChI=1S/C20H14O2/c1-3-7-15(8-4-1)17-13-21-14-18(17)20-12-11-19(22-20)16-9-5-2-6-10-16/h1-14H. The molecule has 0 amide bonds. The molecule has 0 aliphatic heterocycles. The minimum atomic E-state index is 0.812. The summed E-state index contributed by atoms with van der Waals surface area (Å²) in [7, 11) is 0. The van der Waals surface area contributed by atoms with Crippen LogP contribution in [0.2, 0.25) is 0 Å². The Morgan fingerprint density at radius 1 is 0.500 bits per heavy atom. The molecule has 2 heterocycles. The maximum absolute atomic E-state index is 6.02. The van der Waals surface area contributed by atoms with Gasteiger partial charge in [0.15, 0.2) is 0 Å². The summed E-state index contributed by atoms with van der Waals surface area (Å²) < 4.78 is 11.4. The fourth-order valence-electron chi connectivity index (χ4n) is 2.57. The van der Waals surface area contributed by atoms with E-state index in [2.05, 4.69) is 12.1 Å². The van der Waals surface area contributed by atoms with Crippen LogP contribution in [0.15, 0.2) is 94.2 Å². The molecular formula is C20H14O2. The quantitative estimate of drug-likeness (QED) is 0.470. The molecule has 106 valence electrons. The summed E-state index contributed by atoms with van der Waals surface area (Å²) in [5.41, 5.74) is 4.19. The molecule has 0 saturated heterocycles. The van der Waals surface area contributed by atoms with Crippen LogP contribution in [-0.4, -0.2) is 0 Å². The van der Waals surface area contributed by atoms with E-state index >= 15 is 0 Å². The van der Waals surface area contributed by atoms with Gasteiger partial charge in [-0.05, 0) is 17.7 Å². The summed E-state index contributed by atoms with van der Waals surface area (Å²) in [6, 6.07) is 24.2. The van der Waals surface area contributed by atoms with Crippen LogP contribution in [0.1, 0.15) is 0 Å². The molecular weight excluding hydrogens is 272 g/mol. The van der Waals surface area contributed by atoms with Crippen molar-refractivity contribution in [2.45, 2.75) is 0 Å². The predicted molar refractivity (Wildman–Crippen MR) is 87.3 cm³/mol. The first-order chi connectivity index (χ1) is 10.9. The lowest BCUT2D eigenvalue weighted by Gasteiger charge is -2.00. The fraction of sp³-hybridized carbons (Fsp3) is 0. The van der Waals surface area contributed by atoms with Gasteiger partial charge in [-0.1, -0.05) is 60.7 Å². The van der Waals surface area contributed by atoms with Crippen LogP contribution in [0.5, 0.6) is 0 Å². The molecule has 0 atom stereocenters. The van der Waals surface area contributed by atoms with Crippen LogP contribution in [0, 0.1) is 0 Å². The van der Waals surface area contributed by atoms with E-state index in [-0.39, 0.29) is 0 Å². The Morgan fingerprint density at radius 2 is 1.09 bits per heavy atom. The Morgan fingerprint density at radius 3 is 1.82 bits per heavy atom. The summed E-state index contributed by atoms with van der Waals surface area (Å²) in [4.78, 5) is 0. The number of benzene rings is 2. The molecule has 2 nitrogen and oxygen atoms in total. The summed E-state index contributed by atoms with van der Waals surface area (Å²) in [5, 5.41) is 0. The lowest BCUT2D eigenvalue weighted by molar-refractivity contribution is 0.563. The van der Waals surface area contributed by atoms with Gasteiger partial charge < -0.3 is 8.83 Å². The molecule has 0 bridgehead atoms. The van der Waals surface area contributed by atoms with Gasteiger partial charge in [-0.25, -0.2) is 0 Å². The largest absolute Gasteiger partial charge is 0.471 e. The lowest BCUT2D eigenvalue weighted by Crippen LogP contribution is -1.77. The molecule has 0 radical (unpaired) electrons. The third kappa shape index (κ3) is 2.25. The van der Waals surface area contributed by atoms with Gasteiger partial charge in [0.2, 0.25) is 0 Å². The topological polar surface area (TPSA) is 26.3 Å². The summed E-state index contributed by atoms with van der Waals surface area (Å²) in [6.07, 6.45) is 3.49. The zero-order valence-electron chi connectivity index (χ0n) is 11.9. The Balaban J connectivity index is 1.76. The second-order valence-corrected chi connectivity index (χ2v) is 5.10. The first-order valence-electron chi connectivity index (χ1n) is 7.19. The highest BCUT2D eigenvalue weighted by Gasteiger charge is 2.14. The molecule has 4 aromatic rings. The molecule has 4 rings (SSSR count). The Labute approximate surface area is 128 Å². The zero-order chi connectivity index (χ0) is 14.8. The van der Waals surface area contributed by atoms with E-state index in [1.807, 2.05) is 60.7 Å². The van der Waals surface area contributed by atoms with E-state index in [9.17, 15) is 0 Å². The van der Waals surface area contributed by atoms with Gasteiger partial charge in [-0.15, -0.1) is 0 Å². The first-order valence-corrected chi connectivity index (χ1v) is 7.19. The fourth-order valence-corrected chi connectivity index (χ4v) is 2.57. The van der Waals surface area contributed by atoms with E-state index in [4.69, 9.17) is 8.83 Å². The molecule has 0 fully saturated rings. The maximum Gasteiger partial charge on any atom is 0.138 e. The molecule has 2 aromatic carbocycles. The van der Waals surface area contributed by atoms with Gasteiger partial charge in [0.05, 0.1) is 11.8 Å². The van der Waals surface area contributed by atoms with Crippen molar-refractivity contribution in [1.29, 1.82) is 0 Å². The Kier molecular flexibility index (Phi) is 3.13. The van der Waals surface area contributed by atoms with Gasteiger partial charge in [-0.2, -0.15) is 0 Å². The van der Waals surface area contributed by atoms with Crippen molar-refractivity contribution in [2.75, 3.05) is 0 Å². The number of rotatable bonds is 3. The summed E-state index contributed by atoms with van der Waals surface area (Å²) >= 11 is 0. The first kappa shape index (κ1) is 12.7. The summed E-state index contributed by atoms with van der Waals surface area (Å²) in [5.74, 6) is 1.67. The minimum Gasteiger partial charge on any atom is -0.471 e. The van der Waals surface area contributed by atoms with E-state index in [0.29, 0.717) is 0 Å². The van der Waals surface area contributed by atoms with Crippen LogP contribution in [0.3, 0.4) is 0 Å². The van der Waals surface area contributed by atoms with Gasteiger partial charge in [-0.3, -0.25) is 0 Å². The normalized spacial score (nSPS) is 10.7. The smallest absolute Gasteiger partial charge is 0.138 e. The molecule has 22 heavy (non-hydrogen) atoms. The highest BCUT2D eigenvalue weighted by molar-refractivity contribution is 5.81. The highest BCUT2D eigenvalue weighted by Crippen LogP contribution is 2.35. The van der Waals surface area contributed by atoms with Gasteiger partial charge in [0.1, 0.15) is 17.8 Å². The van der Waals surface area contributed by atoms with E-state index in [1.54, 1.807) is 12.5 Å². The second kappa shape index (κ2) is 5.41. The van der Waals surface area contributed by atoms with E-state index < -0.39 is 0 Å². The Bertz CT molecular complexity index is 870. The van der Waals surface area contributed by atoms with Crippen molar-refractivity contribution in [1.82, 2.24) is 0 Å². The zero-order valence-corrected chi connectivity index (χ0v) is 11.9. The van der Waals surface area contributed by atoms with Crippen LogP contribution in [-0.2, 0) is 0 Å². The molecule has 2 heteroatoms. The van der Waals surface area contributed by atoms with Crippen LogP contribution in [0.25, 0.3) is 33.8 Å². The van der Waals surface area contributed by atoms with Gasteiger partial charge in [0, 0.05) is 11.1 Å². The highest BCUT2D eigenvalue weighted by atomic mass is 16.3. The average Bonchev–Trinajstić information content (AvgIpc) is 3.25. The molecule has 0 saturated carbocycles. The third-order valence-electron chi connectivity index (χ3n) is 3.68. The third-order valence-corrected chi connectivity index (χ3v) is 3.68. The average molecular weight is 286 g/mol. The number of hydrogen-bond acceptors (Lipinski definition) is 2. The van der Waals surface area contributed by atoms with Crippen LogP contribution in [0.4, 0.5) is 0 Å². The van der Waals surface area contributed by atoms with E-state index in [1.165, 1.54) is 0 Å². The molecule has 0 unspecified atom stereocenters. The molecule has 2 aromatic heterocycles. The van der Waals surface area contributed by atoms with Crippen LogP contribution >= 0.6 is 0 Å². The Hall–Kier alpha value is -3.00. The van der Waals surface area contributed by atoms with Crippen molar-refractivity contribution < 1.29 is 8.83 Å². The number of hydrogen-bond donors (Lipinski definition) is 0. The molecule has 0 aliphatic rings. The predicted octanol–water partition coefficient (Wildman–Crippen LogP) is 5.87. The maximum atomic E-state index is 6.02. The van der Waals surface area contributed by atoms with Crippen molar-refractivity contribution in [2.24, 2.45) is 0 Å². The molecule has 0 N–H and O–H groups in total. The van der Waals surface area contributed by atoms with Crippen molar-refractivity contribution >= 4 is 0 Å². The lowest BCUT2D eigenvalue weighted by atomic mass is 10.0. The molecule has 0 aliphatic carbocycles. The van der Waals surface area contributed by atoms with Crippen molar-refractivity contribution in [3.63, 3.8) is 0 Å². The van der Waals surface area contributed by atoms with Gasteiger partial charge >= 0.3 is 0 Å². The molecule has 0 spiro atoms. The summed E-state index contributed by atoms with van der Waals surface area (Å²) in [6.45, 7) is 0.